The van der Waals surface area contributed by atoms with E-state index < -0.39 is 12.2 Å². The van der Waals surface area contributed by atoms with Crippen molar-refractivity contribution in [2.75, 3.05) is 14.2 Å². The van der Waals surface area contributed by atoms with Crippen LogP contribution in [-0.4, -0.2) is 36.1 Å². The number of methoxy groups -OCH3 is 2. The van der Waals surface area contributed by atoms with E-state index in [0.717, 1.165) is 0 Å². The third kappa shape index (κ3) is 3.37. The van der Waals surface area contributed by atoms with E-state index in [2.05, 4.69) is 5.10 Å². The van der Waals surface area contributed by atoms with Crippen molar-refractivity contribution in [2.45, 2.75) is 12.7 Å². The molecular formula is C11H15N3O3. The first-order valence-electron chi connectivity index (χ1n) is 5.10. The van der Waals surface area contributed by atoms with Gasteiger partial charge in [0.1, 0.15) is 5.92 Å². The average Bonchev–Trinajstić information content (AvgIpc) is 2.77. The van der Waals surface area contributed by atoms with E-state index in [1.165, 1.54) is 25.1 Å². The van der Waals surface area contributed by atoms with E-state index in [0.29, 0.717) is 5.56 Å². The molecule has 0 aromatic carbocycles. The number of ketones is 1. The zero-order valence-electron chi connectivity index (χ0n) is 10.1. The van der Waals surface area contributed by atoms with Crippen LogP contribution in [-0.2, 0) is 16.5 Å². The van der Waals surface area contributed by atoms with Gasteiger partial charge in [0.2, 0.25) is 0 Å². The van der Waals surface area contributed by atoms with Gasteiger partial charge < -0.3 is 9.47 Å². The summed E-state index contributed by atoms with van der Waals surface area (Å²) < 4.78 is 11.5. The van der Waals surface area contributed by atoms with Crippen LogP contribution in [0.2, 0.25) is 0 Å². The number of nitrogens with zero attached hydrogens (tertiary/aromatic N) is 3. The molecule has 0 N–H and O–H groups in total. The van der Waals surface area contributed by atoms with Gasteiger partial charge in [-0.1, -0.05) is 0 Å². The molecule has 0 aliphatic carbocycles. The van der Waals surface area contributed by atoms with Gasteiger partial charge >= 0.3 is 0 Å². The molecule has 1 aromatic heterocycles. The predicted octanol–water partition coefficient (Wildman–Crippen LogP) is 0.752. The summed E-state index contributed by atoms with van der Waals surface area (Å²) in [7, 11) is 4.65. The van der Waals surface area contributed by atoms with Crippen LogP contribution >= 0.6 is 0 Å². The molecule has 0 spiro atoms. The number of ether oxygens (including phenoxy) is 2. The lowest BCUT2D eigenvalue weighted by atomic mass is 9.98. The van der Waals surface area contributed by atoms with Crippen molar-refractivity contribution in [2.24, 2.45) is 13.0 Å². The Labute approximate surface area is 99.7 Å². The molecule has 92 valence electrons. The van der Waals surface area contributed by atoms with Crippen molar-refractivity contribution >= 4 is 5.78 Å². The maximum Gasteiger partial charge on any atom is 0.183 e. The van der Waals surface area contributed by atoms with Crippen LogP contribution < -0.4 is 0 Å². The SMILES string of the molecule is COC(CC(C#N)C(=O)c1cnn(C)c1)OC. The number of carbonyl (C=O) groups excluding carboxylic acids is 1. The summed E-state index contributed by atoms with van der Waals surface area (Å²) in [6.07, 6.45) is 2.68. The van der Waals surface area contributed by atoms with Crippen molar-refractivity contribution < 1.29 is 14.3 Å². The first kappa shape index (κ1) is 13.4. The van der Waals surface area contributed by atoms with Crippen molar-refractivity contribution in [3.8, 4) is 6.07 Å². The first-order valence-corrected chi connectivity index (χ1v) is 5.10. The van der Waals surface area contributed by atoms with Gasteiger partial charge in [0.15, 0.2) is 12.1 Å². The van der Waals surface area contributed by atoms with Gasteiger partial charge in [-0.2, -0.15) is 10.4 Å². The number of Topliss-reactive ketones (excluding diaryl/α,β-unsaturated/α-hetero) is 1. The van der Waals surface area contributed by atoms with Gasteiger partial charge in [-0.25, -0.2) is 0 Å². The molecule has 17 heavy (non-hydrogen) atoms. The largest absolute Gasteiger partial charge is 0.356 e. The van der Waals surface area contributed by atoms with Gasteiger partial charge in [-0.05, 0) is 0 Å². The summed E-state index contributed by atoms with van der Waals surface area (Å²) in [6.45, 7) is 0. The number of carbonyl (C=O) groups is 1. The predicted molar refractivity (Wildman–Crippen MR) is 59.1 cm³/mol. The number of hydrogen-bond acceptors (Lipinski definition) is 5. The van der Waals surface area contributed by atoms with Crippen LogP contribution in [0.1, 0.15) is 16.8 Å². The van der Waals surface area contributed by atoms with E-state index in [9.17, 15) is 4.79 Å². The van der Waals surface area contributed by atoms with Crippen molar-refractivity contribution in [3.05, 3.63) is 18.0 Å². The maximum atomic E-state index is 12.0. The highest BCUT2D eigenvalue weighted by atomic mass is 16.7. The van der Waals surface area contributed by atoms with Crippen LogP contribution in [0.3, 0.4) is 0 Å². The zero-order valence-corrected chi connectivity index (χ0v) is 10.1. The Morgan fingerprint density at radius 3 is 2.65 bits per heavy atom. The second kappa shape index (κ2) is 6.13. The van der Waals surface area contributed by atoms with Crippen molar-refractivity contribution in [1.82, 2.24) is 9.78 Å². The summed E-state index contributed by atoms with van der Waals surface area (Å²) in [5.41, 5.74) is 0.421. The molecule has 6 nitrogen and oxygen atoms in total. The third-order valence-electron chi connectivity index (χ3n) is 2.42. The summed E-state index contributed by atoms with van der Waals surface area (Å²) in [6, 6.07) is 1.96. The minimum absolute atomic E-state index is 0.206. The van der Waals surface area contributed by atoms with Crippen LogP contribution in [0, 0.1) is 17.2 Å². The van der Waals surface area contributed by atoms with E-state index >= 15 is 0 Å². The summed E-state index contributed by atoms with van der Waals surface area (Å²) in [5, 5.41) is 12.9. The molecule has 1 rings (SSSR count). The molecule has 0 aliphatic heterocycles. The summed E-state index contributed by atoms with van der Waals surface area (Å²) in [5.74, 6) is -1.05. The Hall–Kier alpha value is -1.71. The van der Waals surface area contributed by atoms with E-state index in [-0.39, 0.29) is 12.2 Å². The van der Waals surface area contributed by atoms with E-state index in [4.69, 9.17) is 14.7 Å². The number of hydrogen-bond donors (Lipinski definition) is 0. The number of aromatic nitrogens is 2. The highest BCUT2D eigenvalue weighted by Gasteiger charge is 2.24. The lowest BCUT2D eigenvalue weighted by Gasteiger charge is -2.15. The number of rotatable bonds is 6. The summed E-state index contributed by atoms with van der Waals surface area (Å²) in [4.78, 5) is 12.0. The minimum Gasteiger partial charge on any atom is -0.356 e. The van der Waals surface area contributed by atoms with Gasteiger partial charge in [-0.3, -0.25) is 9.48 Å². The highest BCUT2D eigenvalue weighted by molar-refractivity contribution is 5.98. The Balaban J connectivity index is 2.75. The van der Waals surface area contributed by atoms with Crippen LogP contribution in [0.15, 0.2) is 12.4 Å². The molecule has 1 heterocycles. The van der Waals surface area contributed by atoms with Gasteiger partial charge in [-0.15, -0.1) is 0 Å². The quantitative estimate of drug-likeness (QED) is 0.539. The molecule has 0 saturated carbocycles. The van der Waals surface area contributed by atoms with Gasteiger partial charge in [0, 0.05) is 33.9 Å². The Bertz CT molecular complexity index is 418. The van der Waals surface area contributed by atoms with E-state index in [1.54, 1.807) is 13.2 Å². The van der Waals surface area contributed by atoms with Gasteiger partial charge in [0.25, 0.3) is 0 Å². The average molecular weight is 237 g/mol. The molecular weight excluding hydrogens is 222 g/mol. The number of aryl methyl sites for hydroxylation is 1. The molecule has 0 saturated heterocycles. The van der Waals surface area contributed by atoms with Crippen molar-refractivity contribution in [1.29, 1.82) is 5.26 Å². The zero-order chi connectivity index (χ0) is 12.8. The Kier molecular flexibility index (Phi) is 4.82. The van der Waals surface area contributed by atoms with Crippen molar-refractivity contribution in [3.63, 3.8) is 0 Å². The molecule has 1 unspecified atom stereocenters. The fourth-order valence-corrected chi connectivity index (χ4v) is 1.45. The molecule has 0 radical (unpaired) electrons. The van der Waals surface area contributed by atoms with Crippen LogP contribution in [0.4, 0.5) is 0 Å². The Morgan fingerprint density at radius 2 is 2.24 bits per heavy atom. The monoisotopic (exact) mass is 237 g/mol. The van der Waals surface area contributed by atoms with E-state index in [1.807, 2.05) is 6.07 Å². The molecule has 6 heteroatoms. The molecule has 0 amide bonds. The second-order valence-electron chi connectivity index (χ2n) is 3.59. The second-order valence-corrected chi connectivity index (χ2v) is 3.59. The normalized spacial score (nSPS) is 12.4. The smallest absolute Gasteiger partial charge is 0.183 e. The Morgan fingerprint density at radius 1 is 1.59 bits per heavy atom. The molecule has 1 atom stereocenters. The van der Waals surface area contributed by atoms with Gasteiger partial charge in [0.05, 0.1) is 17.8 Å². The maximum absolute atomic E-state index is 12.0. The lowest BCUT2D eigenvalue weighted by molar-refractivity contribution is -0.109. The molecule has 0 bridgehead atoms. The topological polar surface area (TPSA) is 77.1 Å². The minimum atomic E-state index is -0.788. The molecule has 0 aliphatic rings. The standard InChI is InChI=1S/C11H15N3O3/c1-14-7-9(6-13-14)11(15)8(5-12)4-10(16-2)17-3/h6-8,10H,4H2,1-3H3. The van der Waals surface area contributed by atoms with Crippen LogP contribution in [0.5, 0.6) is 0 Å². The highest BCUT2D eigenvalue weighted by Crippen LogP contribution is 2.15. The third-order valence-corrected chi connectivity index (χ3v) is 2.42. The molecule has 1 aromatic rings. The fraction of sp³-hybridized carbons (Fsp3) is 0.545. The molecule has 0 fully saturated rings. The van der Waals surface area contributed by atoms with Crippen LogP contribution in [0.25, 0.3) is 0 Å². The lowest BCUT2D eigenvalue weighted by Crippen LogP contribution is -2.22. The summed E-state index contributed by atoms with van der Waals surface area (Å²) >= 11 is 0. The fourth-order valence-electron chi connectivity index (χ4n) is 1.45. The first-order chi connectivity index (χ1) is 8.12. The number of nitriles is 1.